The molecule has 0 saturated heterocycles. The third-order valence-electron chi connectivity index (χ3n) is 2.55. The molecule has 1 aromatic carbocycles. The normalized spacial score (nSPS) is 10.2. The summed E-state index contributed by atoms with van der Waals surface area (Å²) in [4.78, 5) is 4.05. The van der Waals surface area contributed by atoms with Crippen LogP contribution in [0.4, 0.5) is 4.39 Å². The Morgan fingerprint density at radius 3 is 2.89 bits per heavy atom. The first-order chi connectivity index (χ1) is 9.08. The largest absolute Gasteiger partial charge is 0.488 e. The zero-order valence-corrected chi connectivity index (χ0v) is 11.2. The van der Waals surface area contributed by atoms with Crippen LogP contribution < -0.4 is 10.5 Å². The molecule has 2 N–H and O–H groups in total. The van der Waals surface area contributed by atoms with Crippen molar-refractivity contribution >= 4 is 17.2 Å². The second kappa shape index (κ2) is 5.75. The molecular weight excluding hydrogens is 263 g/mol. The predicted octanol–water partition coefficient (Wildman–Crippen LogP) is 2.74. The van der Waals surface area contributed by atoms with E-state index >= 15 is 0 Å². The fourth-order valence-electron chi connectivity index (χ4n) is 1.72. The molecular formula is C14H13FN2OS. The second-order valence-electron chi connectivity index (χ2n) is 4.14. The molecule has 0 amide bonds. The Labute approximate surface area is 116 Å². The summed E-state index contributed by atoms with van der Waals surface area (Å²) in [6.45, 7) is 2.23. The van der Waals surface area contributed by atoms with Crippen molar-refractivity contribution < 1.29 is 9.13 Å². The Bertz CT molecular complexity index is 616. The number of ether oxygens (including phenoxy) is 1. The molecule has 0 aliphatic rings. The number of nitrogens with two attached hydrogens (primary N) is 1. The van der Waals surface area contributed by atoms with Crippen molar-refractivity contribution in [2.24, 2.45) is 5.73 Å². The number of rotatable bonds is 4. The molecule has 0 saturated carbocycles. The average Bonchev–Trinajstić information content (AvgIpc) is 2.36. The fraction of sp³-hybridized carbons (Fsp3) is 0.143. The number of hydrogen-bond acceptors (Lipinski definition) is 3. The van der Waals surface area contributed by atoms with E-state index in [0.717, 1.165) is 11.1 Å². The molecule has 0 atom stereocenters. The van der Waals surface area contributed by atoms with E-state index in [1.165, 1.54) is 6.07 Å². The summed E-state index contributed by atoms with van der Waals surface area (Å²) in [5.74, 6) is -0.138. The smallest absolute Gasteiger partial charge is 0.137 e. The number of benzene rings is 1. The molecule has 0 fully saturated rings. The van der Waals surface area contributed by atoms with Crippen LogP contribution in [-0.4, -0.2) is 9.97 Å². The van der Waals surface area contributed by atoms with Crippen molar-refractivity contribution in [1.82, 2.24) is 4.98 Å². The number of nitrogens with zero attached hydrogens (tertiary/aromatic N) is 1. The van der Waals surface area contributed by atoms with Gasteiger partial charge in [-0.3, -0.25) is 4.98 Å². The SMILES string of the molecule is Cc1cncc(COc2cccc(F)c2C(N)=S)c1. The van der Waals surface area contributed by atoms with Gasteiger partial charge in [0.2, 0.25) is 0 Å². The Morgan fingerprint density at radius 2 is 2.21 bits per heavy atom. The molecule has 1 heterocycles. The molecule has 0 aliphatic heterocycles. The lowest BCUT2D eigenvalue weighted by Crippen LogP contribution is -2.14. The van der Waals surface area contributed by atoms with Gasteiger partial charge in [0.25, 0.3) is 0 Å². The number of halogens is 1. The van der Waals surface area contributed by atoms with Gasteiger partial charge in [-0.1, -0.05) is 18.3 Å². The van der Waals surface area contributed by atoms with Crippen LogP contribution in [-0.2, 0) is 6.61 Å². The van der Waals surface area contributed by atoms with E-state index in [0.29, 0.717) is 5.75 Å². The van der Waals surface area contributed by atoms with Crippen LogP contribution in [0.15, 0.2) is 36.7 Å². The monoisotopic (exact) mass is 276 g/mol. The summed E-state index contributed by atoms with van der Waals surface area (Å²) in [5.41, 5.74) is 7.58. The maximum Gasteiger partial charge on any atom is 0.137 e. The van der Waals surface area contributed by atoms with E-state index in [1.807, 2.05) is 13.0 Å². The molecule has 0 spiro atoms. The first kappa shape index (κ1) is 13.4. The molecule has 3 nitrogen and oxygen atoms in total. The van der Waals surface area contributed by atoms with Crippen molar-refractivity contribution in [1.29, 1.82) is 0 Å². The first-order valence-corrected chi connectivity index (χ1v) is 6.10. The third-order valence-corrected chi connectivity index (χ3v) is 2.75. The van der Waals surface area contributed by atoms with Crippen LogP contribution in [0.5, 0.6) is 5.75 Å². The molecule has 0 radical (unpaired) electrons. The van der Waals surface area contributed by atoms with Crippen molar-refractivity contribution in [3.8, 4) is 5.75 Å². The van der Waals surface area contributed by atoms with Crippen molar-refractivity contribution in [3.63, 3.8) is 0 Å². The second-order valence-corrected chi connectivity index (χ2v) is 4.58. The van der Waals surface area contributed by atoms with E-state index < -0.39 is 5.82 Å². The molecule has 5 heteroatoms. The number of aromatic nitrogens is 1. The third kappa shape index (κ3) is 3.26. The summed E-state index contributed by atoms with van der Waals surface area (Å²) < 4.78 is 19.2. The highest BCUT2D eigenvalue weighted by Crippen LogP contribution is 2.22. The van der Waals surface area contributed by atoms with E-state index in [-0.39, 0.29) is 17.2 Å². The fourth-order valence-corrected chi connectivity index (χ4v) is 1.92. The van der Waals surface area contributed by atoms with E-state index in [4.69, 9.17) is 22.7 Å². The van der Waals surface area contributed by atoms with Gasteiger partial charge < -0.3 is 10.5 Å². The van der Waals surface area contributed by atoms with E-state index in [1.54, 1.807) is 24.5 Å². The summed E-state index contributed by atoms with van der Waals surface area (Å²) in [7, 11) is 0. The zero-order valence-electron chi connectivity index (χ0n) is 10.4. The van der Waals surface area contributed by atoms with Crippen LogP contribution >= 0.6 is 12.2 Å². The van der Waals surface area contributed by atoms with Crippen LogP contribution in [0.1, 0.15) is 16.7 Å². The Hall–Kier alpha value is -2.01. The van der Waals surface area contributed by atoms with Crippen LogP contribution in [0, 0.1) is 12.7 Å². The minimum Gasteiger partial charge on any atom is -0.488 e. The molecule has 0 bridgehead atoms. The molecule has 2 rings (SSSR count). The van der Waals surface area contributed by atoms with Gasteiger partial charge in [0.15, 0.2) is 0 Å². The maximum absolute atomic E-state index is 13.6. The number of hydrogen-bond donors (Lipinski definition) is 1. The van der Waals surface area contributed by atoms with Gasteiger partial charge in [0.05, 0.1) is 5.56 Å². The standard InChI is InChI=1S/C14H13FN2OS/c1-9-5-10(7-17-6-9)8-18-12-4-2-3-11(15)13(12)14(16)19/h2-7H,8H2,1H3,(H2,16,19). The van der Waals surface area contributed by atoms with Crippen LogP contribution in [0.25, 0.3) is 0 Å². The minimum absolute atomic E-state index is 0.0181. The van der Waals surface area contributed by atoms with Gasteiger partial charge in [-0.25, -0.2) is 4.39 Å². The Morgan fingerprint density at radius 1 is 1.42 bits per heavy atom. The zero-order chi connectivity index (χ0) is 13.8. The lowest BCUT2D eigenvalue weighted by atomic mass is 10.2. The summed E-state index contributed by atoms with van der Waals surface area (Å²) in [6, 6.07) is 6.45. The van der Waals surface area contributed by atoms with E-state index in [9.17, 15) is 4.39 Å². The Kier molecular flexibility index (Phi) is 4.06. The summed E-state index contributed by atoms with van der Waals surface area (Å²) in [5, 5.41) is 0. The first-order valence-electron chi connectivity index (χ1n) is 5.69. The van der Waals surface area contributed by atoms with Gasteiger partial charge in [0, 0.05) is 18.0 Å². The van der Waals surface area contributed by atoms with E-state index in [2.05, 4.69) is 4.98 Å². The predicted molar refractivity (Wildman–Crippen MR) is 75.6 cm³/mol. The lowest BCUT2D eigenvalue weighted by Gasteiger charge is -2.11. The maximum atomic E-state index is 13.6. The minimum atomic E-state index is -0.479. The van der Waals surface area contributed by atoms with Gasteiger partial charge >= 0.3 is 0 Å². The molecule has 0 unspecified atom stereocenters. The van der Waals surface area contributed by atoms with Crippen LogP contribution in [0.3, 0.4) is 0 Å². The number of thiocarbonyl (C=S) groups is 1. The number of aryl methyl sites for hydroxylation is 1. The molecule has 2 aromatic rings. The topological polar surface area (TPSA) is 48.1 Å². The van der Waals surface area contributed by atoms with Crippen molar-refractivity contribution in [2.45, 2.75) is 13.5 Å². The van der Waals surface area contributed by atoms with Gasteiger partial charge in [-0.15, -0.1) is 0 Å². The highest BCUT2D eigenvalue weighted by Gasteiger charge is 2.12. The van der Waals surface area contributed by atoms with Crippen molar-refractivity contribution in [2.75, 3.05) is 0 Å². The molecule has 19 heavy (non-hydrogen) atoms. The lowest BCUT2D eigenvalue weighted by molar-refractivity contribution is 0.303. The molecule has 1 aromatic heterocycles. The van der Waals surface area contributed by atoms with Crippen LogP contribution in [0.2, 0.25) is 0 Å². The van der Waals surface area contributed by atoms with Crippen molar-refractivity contribution in [3.05, 3.63) is 59.2 Å². The summed E-state index contributed by atoms with van der Waals surface area (Å²) in [6.07, 6.45) is 3.46. The van der Waals surface area contributed by atoms with Gasteiger partial charge in [0.1, 0.15) is 23.2 Å². The number of pyridine rings is 1. The summed E-state index contributed by atoms with van der Waals surface area (Å²) >= 11 is 4.83. The molecule has 98 valence electrons. The highest BCUT2D eigenvalue weighted by molar-refractivity contribution is 7.80. The van der Waals surface area contributed by atoms with Gasteiger partial charge in [-0.05, 0) is 30.7 Å². The Balaban J connectivity index is 2.20. The van der Waals surface area contributed by atoms with Gasteiger partial charge in [-0.2, -0.15) is 0 Å². The quantitative estimate of drug-likeness (QED) is 0.872. The molecule has 0 aliphatic carbocycles. The highest BCUT2D eigenvalue weighted by atomic mass is 32.1. The average molecular weight is 276 g/mol.